The second-order valence-corrected chi connectivity index (χ2v) is 4.39. The van der Waals surface area contributed by atoms with Crippen molar-refractivity contribution in [2.24, 2.45) is 5.92 Å². The first-order chi connectivity index (χ1) is 7.77. The van der Waals surface area contributed by atoms with Crippen LogP contribution in [0.1, 0.15) is 38.2 Å². The van der Waals surface area contributed by atoms with Gasteiger partial charge >= 0.3 is 0 Å². The first-order valence-electron chi connectivity index (χ1n) is 6.02. The number of carbonyl (C=O) groups excluding carboxylic acids is 1. The Labute approximate surface area is 97.2 Å². The summed E-state index contributed by atoms with van der Waals surface area (Å²) in [5, 5.41) is 0. The zero-order valence-electron chi connectivity index (χ0n) is 9.94. The van der Waals surface area contributed by atoms with Crippen LogP contribution in [0.4, 0.5) is 0 Å². The molecule has 2 rings (SSSR count). The van der Waals surface area contributed by atoms with E-state index >= 15 is 0 Å². The van der Waals surface area contributed by atoms with Crippen LogP contribution in [0, 0.1) is 5.92 Å². The lowest BCUT2D eigenvalue weighted by Crippen LogP contribution is -2.05. The number of allylic oxidation sites excluding steroid dienone is 2. The zero-order chi connectivity index (χ0) is 11.5. The fourth-order valence-corrected chi connectivity index (χ4v) is 2.31. The number of rotatable bonds is 4. The third kappa shape index (κ3) is 2.08. The Balaban J connectivity index is 2.05. The van der Waals surface area contributed by atoms with Gasteiger partial charge in [0.2, 0.25) is 0 Å². The highest BCUT2D eigenvalue weighted by atomic mass is 16.1. The molecule has 1 nitrogen and oxygen atoms in total. The maximum atomic E-state index is 12.1. The van der Waals surface area contributed by atoms with E-state index in [0.29, 0.717) is 11.7 Å². The third-order valence-electron chi connectivity index (χ3n) is 3.40. The summed E-state index contributed by atoms with van der Waals surface area (Å²) in [6.45, 7) is 4.00. The van der Waals surface area contributed by atoms with Gasteiger partial charge in [0, 0.05) is 5.92 Å². The van der Waals surface area contributed by atoms with Gasteiger partial charge in [-0.25, -0.2) is 0 Å². The van der Waals surface area contributed by atoms with E-state index < -0.39 is 0 Å². The summed E-state index contributed by atoms with van der Waals surface area (Å²) in [5.74, 6) is 1.07. The van der Waals surface area contributed by atoms with Gasteiger partial charge in [0.25, 0.3) is 0 Å². The van der Waals surface area contributed by atoms with E-state index in [-0.39, 0.29) is 5.92 Å². The Bertz CT molecular complexity index is 403. The van der Waals surface area contributed by atoms with Gasteiger partial charge < -0.3 is 0 Å². The molecule has 2 unspecified atom stereocenters. The van der Waals surface area contributed by atoms with E-state index in [0.717, 1.165) is 18.4 Å². The second-order valence-electron chi connectivity index (χ2n) is 4.39. The average Bonchev–Trinajstić information content (AvgIpc) is 3.11. The van der Waals surface area contributed by atoms with Crippen LogP contribution in [0.2, 0.25) is 0 Å². The van der Waals surface area contributed by atoms with Gasteiger partial charge in [-0.05, 0) is 36.8 Å². The molecule has 0 aliphatic heterocycles. The lowest BCUT2D eigenvalue weighted by Gasteiger charge is -2.02. The first-order valence-corrected chi connectivity index (χ1v) is 6.02. The van der Waals surface area contributed by atoms with Crippen molar-refractivity contribution in [3.63, 3.8) is 0 Å². The van der Waals surface area contributed by atoms with E-state index in [1.807, 2.05) is 38.1 Å². The number of carbonyl (C=O) groups is 1. The minimum absolute atomic E-state index is 0.244. The predicted molar refractivity (Wildman–Crippen MR) is 66.3 cm³/mol. The molecular formula is C15H18O. The summed E-state index contributed by atoms with van der Waals surface area (Å²) >= 11 is 0. The summed E-state index contributed by atoms with van der Waals surface area (Å²) in [6, 6.07) is 10.4. The normalized spacial score (nSPS) is 24.2. The Morgan fingerprint density at radius 2 is 2.06 bits per heavy atom. The quantitative estimate of drug-likeness (QED) is 0.698. The van der Waals surface area contributed by atoms with E-state index in [1.165, 1.54) is 5.56 Å². The van der Waals surface area contributed by atoms with Crippen LogP contribution in [0.3, 0.4) is 0 Å². The smallest absolute Gasteiger partial charge is 0.162 e. The molecule has 0 heterocycles. The maximum absolute atomic E-state index is 12.1. The highest BCUT2D eigenvalue weighted by Crippen LogP contribution is 2.49. The summed E-state index contributed by atoms with van der Waals surface area (Å²) in [7, 11) is 0. The molecule has 1 fully saturated rings. The van der Waals surface area contributed by atoms with Crippen molar-refractivity contribution in [2.75, 3.05) is 0 Å². The van der Waals surface area contributed by atoms with Gasteiger partial charge in [-0.15, -0.1) is 0 Å². The van der Waals surface area contributed by atoms with Gasteiger partial charge in [-0.2, -0.15) is 0 Å². The van der Waals surface area contributed by atoms with Crippen molar-refractivity contribution < 1.29 is 4.79 Å². The fraction of sp³-hybridized carbons (Fsp3) is 0.400. The van der Waals surface area contributed by atoms with Gasteiger partial charge in [0.05, 0.1) is 0 Å². The summed E-state index contributed by atoms with van der Waals surface area (Å²) in [4.78, 5) is 12.1. The predicted octanol–water partition coefficient (Wildman–Crippen LogP) is 3.72. The minimum Gasteiger partial charge on any atom is -0.294 e. The highest BCUT2D eigenvalue weighted by molar-refractivity contribution is 5.99. The molecular weight excluding hydrogens is 196 g/mol. The molecule has 0 spiro atoms. The van der Waals surface area contributed by atoms with Crippen molar-refractivity contribution in [1.82, 2.24) is 0 Å². The van der Waals surface area contributed by atoms with Crippen LogP contribution >= 0.6 is 0 Å². The number of benzene rings is 1. The van der Waals surface area contributed by atoms with Crippen molar-refractivity contribution in [2.45, 2.75) is 32.6 Å². The van der Waals surface area contributed by atoms with Crippen LogP contribution in [0.15, 0.2) is 42.0 Å². The SMILES string of the molecule is C/C=C(/CC)C(=O)C1CC1c1ccccc1. The third-order valence-corrected chi connectivity index (χ3v) is 3.40. The lowest BCUT2D eigenvalue weighted by atomic mass is 10.0. The molecule has 0 saturated heterocycles. The van der Waals surface area contributed by atoms with Gasteiger partial charge in [0.15, 0.2) is 5.78 Å². The number of hydrogen-bond acceptors (Lipinski definition) is 1. The van der Waals surface area contributed by atoms with E-state index in [2.05, 4.69) is 12.1 Å². The Hall–Kier alpha value is -1.37. The number of ketones is 1. The molecule has 0 amide bonds. The Morgan fingerprint density at radius 3 is 2.62 bits per heavy atom. The topological polar surface area (TPSA) is 17.1 Å². The average molecular weight is 214 g/mol. The Kier molecular flexibility index (Phi) is 3.23. The minimum atomic E-state index is 0.244. The van der Waals surface area contributed by atoms with Crippen LogP contribution in [0.25, 0.3) is 0 Å². The van der Waals surface area contributed by atoms with Crippen molar-refractivity contribution in [3.05, 3.63) is 47.5 Å². The molecule has 1 aliphatic carbocycles. The van der Waals surface area contributed by atoms with Crippen molar-refractivity contribution in [3.8, 4) is 0 Å². The van der Waals surface area contributed by atoms with Gasteiger partial charge in [-0.3, -0.25) is 4.79 Å². The van der Waals surface area contributed by atoms with E-state index in [1.54, 1.807) is 0 Å². The summed E-state index contributed by atoms with van der Waals surface area (Å²) in [6.07, 6.45) is 3.84. The van der Waals surface area contributed by atoms with E-state index in [9.17, 15) is 4.79 Å². The second kappa shape index (κ2) is 4.65. The van der Waals surface area contributed by atoms with Crippen LogP contribution < -0.4 is 0 Å². The fourth-order valence-electron chi connectivity index (χ4n) is 2.31. The molecule has 0 radical (unpaired) electrons. The molecule has 16 heavy (non-hydrogen) atoms. The van der Waals surface area contributed by atoms with Crippen LogP contribution in [0.5, 0.6) is 0 Å². The molecule has 0 bridgehead atoms. The molecule has 1 saturated carbocycles. The van der Waals surface area contributed by atoms with Crippen molar-refractivity contribution >= 4 is 5.78 Å². The summed E-state index contributed by atoms with van der Waals surface area (Å²) in [5.41, 5.74) is 2.30. The standard InChI is InChI=1S/C15H18O/c1-3-11(4-2)15(16)14-10-13(14)12-8-6-5-7-9-12/h3,5-9,13-14H,4,10H2,1-2H3/b11-3-. The monoisotopic (exact) mass is 214 g/mol. The molecule has 1 heteroatoms. The zero-order valence-corrected chi connectivity index (χ0v) is 9.94. The first kappa shape index (κ1) is 11.1. The molecule has 84 valence electrons. The molecule has 1 aromatic carbocycles. The summed E-state index contributed by atoms with van der Waals surface area (Å²) < 4.78 is 0. The van der Waals surface area contributed by atoms with Crippen molar-refractivity contribution in [1.29, 1.82) is 0 Å². The van der Waals surface area contributed by atoms with Crippen LogP contribution in [-0.2, 0) is 4.79 Å². The van der Waals surface area contributed by atoms with E-state index in [4.69, 9.17) is 0 Å². The number of Topliss-reactive ketones (excluding diaryl/α,β-unsaturated/α-hetero) is 1. The van der Waals surface area contributed by atoms with Gasteiger partial charge in [0.1, 0.15) is 0 Å². The molecule has 1 aliphatic rings. The molecule has 0 N–H and O–H groups in total. The molecule has 1 aromatic rings. The van der Waals surface area contributed by atoms with Crippen LogP contribution in [-0.4, -0.2) is 5.78 Å². The molecule has 2 atom stereocenters. The maximum Gasteiger partial charge on any atom is 0.162 e. The molecule has 0 aromatic heterocycles. The number of hydrogen-bond donors (Lipinski definition) is 0. The lowest BCUT2D eigenvalue weighted by molar-refractivity contribution is -0.116. The highest BCUT2D eigenvalue weighted by Gasteiger charge is 2.43. The Morgan fingerprint density at radius 1 is 1.38 bits per heavy atom. The van der Waals surface area contributed by atoms with Gasteiger partial charge in [-0.1, -0.05) is 43.3 Å². The largest absolute Gasteiger partial charge is 0.294 e.